The first kappa shape index (κ1) is 28.0. The van der Waals surface area contributed by atoms with Crippen molar-refractivity contribution in [1.29, 1.82) is 0 Å². The summed E-state index contributed by atoms with van der Waals surface area (Å²) in [5, 5.41) is 6.63. The maximum Gasteiger partial charge on any atom is 0.313 e. The van der Waals surface area contributed by atoms with Crippen molar-refractivity contribution in [2.45, 2.75) is 58.8 Å². The van der Waals surface area contributed by atoms with Crippen LogP contribution in [0.4, 0.5) is 11.5 Å². The Morgan fingerprint density at radius 2 is 2.08 bits per heavy atom. The number of piperidine rings is 1. The molecule has 1 aromatic carbocycles. The first-order valence-electron chi connectivity index (χ1n) is 13.6. The van der Waals surface area contributed by atoms with Crippen molar-refractivity contribution in [1.82, 2.24) is 20.2 Å². The van der Waals surface area contributed by atoms with Gasteiger partial charge in [-0.15, -0.1) is 11.3 Å². The number of rotatable bonds is 9. The predicted octanol–water partition coefficient (Wildman–Crippen LogP) is 4.60. The van der Waals surface area contributed by atoms with Gasteiger partial charge in [0, 0.05) is 19.0 Å². The van der Waals surface area contributed by atoms with Gasteiger partial charge in [0.15, 0.2) is 0 Å². The lowest BCUT2D eigenvalue weighted by molar-refractivity contribution is -0.136. The fraction of sp³-hybridized carbons (Fsp3) is 0.517. The molecule has 3 atom stereocenters. The van der Waals surface area contributed by atoms with E-state index >= 15 is 0 Å². The van der Waals surface area contributed by atoms with Crippen LogP contribution in [0.5, 0.6) is 0 Å². The zero-order chi connectivity index (χ0) is 27.2. The smallest absolute Gasteiger partial charge is 0.313 e. The maximum absolute atomic E-state index is 12.3. The molecule has 3 aromatic rings. The molecule has 9 heteroatoms. The Bertz CT molecular complexity index is 1280. The molecule has 4 rings (SSSR count). The average molecular weight is 537 g/mol. The van der Waals surface area contributed by atoms with Crippen LogP contribution in [0.15, 0.2) is 30.5 Å². The van der Waals surface area contributed by atoms with E-state index in [4.69, 9.17) is 10.7 Å². The number of aromatic nitrogens is 2. The number of nitrogen functional groups attached to an aromatic ring is 1. The van der Waals surface area contributed by atoms with Gasteiger partial charge in [0.05, 0.1) is 27.1 Å². The third kappa shape index (κ3) is 7.08. The van der Waals surface area contributed by atoms with E-state index in [2.05, 4.69) is 59.6 Å². The van der Waals surface area contributed by atoms with Crippen molar-refractivity contribution in [2.75, 3.05) is 37.7 Å². The third-order valence-corrected chi connectivity index (χ3v) is 8.68. The molecule has 1 saturated heterocycles. The van der Waals surface area contributed by atoms with E-state index in [1.807, 2.05) is 18.3 Å². The number of aryl methyl sites for hydroxylation is 2. The van der Waals surface area contributed by atoms with Crippen molar-refractivity contribution in [3.05, 3.63) is 46.6 Å². The van der Waals surface area contributed by atoms with Crippen LogP contribution in [0.2, 0.25) is 0 Å². The summed E-state index contributed by atoms with van der Waals surface area (Å²) in [5.41, 5.74) is 9.51. The molecule has 0 aliphatic carbocycles. The van der Waals surface area contributed by atoms with Crippen molar-refractivity contribution < 1.29 is 9.59 Å². The molecule has 4 N–H and O–H groups in total. The van der Waals surface area contributed by atoms with Gasteiger partial charge in [-0.3, -0.25) is 9.59 Å². The second-order valence-electron chi connectivity index (χ2n) is 10.8. The highest BCUT2D eigenvalue weighted by Crippen LogP contribution is 2.37. The lowest BCUT2D eigenvalue weighted by Gasteiger charge is -2.33. The number of hydrogen-bond donors (Lipinski definition) is 3. The maximum atomic E-state index is 12.3. The lowest BCUT2D eigenvalue weighted by Crippen LogP contribution is -2.37. The predicted molar refractivity (Wildman–Crippen MR) is 155 cm³/mol. The van der Waals surface area contributed by atoms with Gasteiger partial charge in [-0.1, -0.05) is 26.8 Å². The Kier molecular flexibility index (Phi) is 9.33. The number of benzene rings is 1. The number of fused-ring (bicyclic) bond motifs is 1. The SMILES string of the molecule is CCc1cc(NC(=O)C(=O)NC[C@@H](C)CCCc2ccc3sc([C@H]4CCN(C)C[C@H]4C)nc3c2)cnc1N. The lowest BCUT2D eigenvalue weighted by atomic mass is 9.88. The average Bonchev–Trinajstić information content (AvgIpc) is 3.31. The zero-order valence-corrected chi connectivity index (χ0v) is 23.7. The molecule has 1 aliphatic rings. The number of nitrogens with two attached hydrogens (primary N) is 1. The fourth-order valence-electron chi connectivity index (χ4n) is 5.19. The van der Waals surface area contributed by atoms with Crippen LogP contribution in [0.25, 0.3) is 10.2 Å². The summed E-state index contributed by atoms with van der Waals surface area (Å²) < 4.78 is 1.27. The number of likely N-dealkylation sites (tertiary alicyclic amines) is 1. The molecule has 0 unspecified atom stereocenters. The first-order chi connectivity index (χ1) is 18.2. The molecule has 0 spiro atoms. The normalized spacial score (nSPS) is 18.8. The molecule has 0 saturated carbocycles. The van der Waals surface area contributed by atoms with Gasteiger partial charge < -0.3 is 21.3 Å². The number of carbonyl (C=O) groups is 2. The quantitative estimate of drug-likeness (QED) is 0.344. The molecule has 204 valence electrons. The van der Waals surface area contributed by atoms with E-state index in [1.54, 1.807) is 6.07 Å². The van der Waals surface area contributed by atoms with Crippen molar-refractivity contribution in [3.8, 4) is 0 Å². The van der Waals surface area contributed by atoms with Gasteiger partial charge in [0.25, 0.3) is 0 Å². The number of pyridine rings is 1. The number of hydrogen-bond acceptors (Lipinski definition) is 7. The summed E-state index contributed by atoms with van der Waals surface area (Å²) in [4.78, 5) is 36.0. The summed E-state index contributed by atoms with van der Waals surface area (Å²) >= 11 is 1.85. The summed E-state index contributed by atoms with van der Waals surface area (Å²) in [5.74, 6) is 0.541. The summed E-state index contributed by atoms with van der Waals surface area (Å²) in [6.07, 6.45) is 6.27. The Hall–Kier alpha value is -3.04. The highest BCUT2D eigenvalue weighted by molar-refractivity contribution is 7.18. The second-order valence-corrected chi connectivity index (χ2v) is 11.8. The van der Waals surface area contributed by atoms with Crippen LogP contribution in [0.3, 0.4) is 0 Å². The van der Waals surface area contributed by atoms with Gasteiger partial charge in [-0.25, -0.2) is 9.97 Å². The van der Waals surface area contributed by atoms with E-state index < -0.39 is 11.8 Å². The highest BCUT2D eigenvalue weighted by Gasteiger charge is 2.28. The minimum Gasteiger partial charge on any atom is -0.383 e. The number of amides is 2. The number of carbonyl (C=O) groups excluding carboxylic acids is 2. The molecule has 3 heterocycles. The molecule has 38 heavy (non-hydrogen) atoms. The molecule has 8 nitrogen and oxygen atoms in total. The van der Waals surface area contributed by atoms with Crippen molar-refractivity contribution >= 4 is 44.9 Å². The van der Waals surface area contributed by atoms with Crippen molar-refractivity contribution in [2.24, 2.45) is 11.8 Å². The van der Waals surface area contributed by atoms with Crippen LogP contribution >= 0.6 is 11.3 Å². The number of anilines is 2. The van der Waals surface area contributed by atoms with Gasteiger partial charge in [0.1, 0.15) is 5.82 Å². The second kappa shape index (κ2) is 12.7. The minimum absolute atomic E-state index is 0.261. The largest absolute Gasteiger partial charge is 0.383 e. The van der Waals surface area contributed by atoms with E-state index in [0.717, 1.165) is 43.4 Å². The molecular weight excluding hydrogens is 496 g/mol. The van der Waals surface area contributed by atoms with E-state index in [9.17, 15) is 9.59 Å². The molecule has 1 fully saturated rings. The number of nitrogens with zero attached hydrogens (tertiary/aromatic N) is 3. The Morgan fingerprint density at radius 1 is 1.26 bits per heavy atom. The Morgan fingerprint density at radius 3 is 2.84 bits per heavy atom. The fourth-order valence-corrected chi connectivity index (χ4v) is 6.41. The van der Waals surface area contributed by atoms with Crippen LogP contribution in [-0.2, 0) is 22.4 Å². The topological polar surface area (TPSA) is 113 Å². The monoisotopic (exact) mass is 536 g/mol. The first-order valence-corrected chi connectivity index (χ1v) is 14.5. The van der Waals surface area contributed by atoms with Gasteiger partial charge in [-0.2, -0.15) is 0 Å². The Labute approximate surface area is 229 Å². The van der Waals surface area contributed by atoms with Crippen LogP contribution in [0, 0.1) is 11.8 Å². The molecule has 0 bridgehead atoms. The summed E-state index contributed by atoms with van der Waals surface area (Å²) in [6.45, 7) is 9.11. The Balaban J connectivity index is 1.21. The minimum atomic E-state index is -0.698. The van der Waals surface area contributed by atoms with Gasteiger partial charge in [0.2, 0.25) is 0 Å². The highest BCUT2D eigenvalue weighted by atomic mass is 32.1. The number of nitrogens with one attached hydrogen (secondary N) is 2. The standard InChI is InChI=1S/C29H40N6O2S/c1-5-21-14-22(16-31-26(21)30)33-28(37)27(36)32-15-18(2)7-6-8-20-9-10-25-24(13-20)34-29(38-25)23-11-12-35(4)17-19(23)3/h9-10,13-14,16,18-19,23H,5-8,11-12,15,17H2,1-4H3,(H2,30,31)(H,32,36)(H,33,37)/t18-,19+,23-/m0/s1. The summed E-state index contributed by atoms with van der Waals surface area (Å²) in [6, 6.07) is 8.42. The van der Waals surface area contributed by atoms with Crippen molar-refractivity contribution in [3.63, 3.8) is 0 Å². The van der Waals surface area contributed by atoms with E-state index in [-0.39, 0.29) is 5.92 Å². The molecular formula is C29H40N6O2S. The van der Waals surface area contributed by atoms with Gasteiger partial charge in [-0.05, 0) is 86.9 Å². The number of thiazole rings is 1. The molecule has 2 amide bonds. The molecule has 1 aliphatic heterocycles. The van der Waals surface area contributed by atoms with E-state index in [0.29, 0.717) is 36.3 Å². The van der Waals surface area contributed by atoms with Crippen LogP contribution in [0.1, 0.15) is 62.1 Å². The van der Waals surface area contributed by atoms with Crippen LogP contribution in [-0.4, -0.2) is 53.4 Å². The molecule has 2 aromatic heterocycles. The molecule has 0 radical (unpaired) electrons. The van der Waals surface area contributed by atoms with Gasteiger partial charge >= 0.3 is 11.8 Å². The summed E-state index contributed by atoms with van der Waals surface area (Å²) in [7, 11) is 2.20. The third-order valence-electron chi connectivity index (χ3n) is 7.51. The van der Waals surface area contributed by atoms with E-state index in [1.165, 1.54) is 27.9 Å². The zero-order valence-electron chi connectivity index (χ0n) is 22.9. The van der Waals surface area contributed by atoms with Crippen LogP contribution < -0.4 is 16.4 Å².